The molecule has 1 fully saturated rings. The third-order valence-electron chi connectivity index (χ3n) is 3.80. The average molecular weight is 276 g/mol. The molecule has 1 aromatic carbocycles. The quantitative estimate of drug-likeness (QED) is 0.891. The van der Waals surface area contributed by atoms with Gasteiger partial charge in [0.25, 0.3) is 5.91 Å². The highest BCUT2D eigenvalue weighted by Crippen LogP contribution is 2.23. The Bertz CT molecular complexity index is 497. The highest BCUT2D eigenvalue weighted by atomic mass is 16.3. The molecule has 0 aliphatic carbocycles. The fraction of sp³-hybridized carbons (Fsp3) is 0.562. The number of β-amino-alcohol motifs (C(OH)–C–C–N with tert-alkyl or cyclic N) is 1. The van der Waals surface area contributed by atoms with Gasteiger partial charge < -0.3 is 15.3 Å². The van der Waals surface area contributed by atoms with Gasteiger partial charge in [0.2, 0.25) is 0 Å². The molecule has 1 aromatic rings. The van der Waals surface area contributed by atoms with Crippen molar-refractivity contribution in [2.24, 2.45) is 0 Å². The molecular weight excluding hydrogens is 252 g/mol. The summed E-state index contributed by atoms with van der Waals surface area (Å²) in [6.45, 7) is 7.85. The van der Waals surface area contributed by atoms with Gasteiger partial charge in [-0.2, -0.15) is 0 Å². The van der Waals surface area contributed by atoms with Gasteiger partial charge in [-0.15, -0.1) is 0 Å². The maximum atomic E-state index is 12.5. The van der Waals surface area contributed by atoms with Crippen molar-refractivity contribution in [3.05, 3.63) is 29.3 Å². The first kappa shape index (κ1) is 14.9. The number of carbonyl (C=O) groups is 1. The Balaban J connectivity index is 2.15. The van der Waals surface area contributed by atoms with Gasteiger partial charge in [-0.05, 0) is 57.4 Å². The summed E-state index contributed by atoms with van der Waals surface area (Å²) in [6.07, 6.45) is 1.61. The molecule has 0 bridgehead atoms. The smallest absolute Gasteiger partial charge is 0.253 e. The highest BCUT2D eigenvalue weighted by Gasteiger charge is 2.31. The van der Waals surface area contributed by atoms with Crippen LogP contribution in [0.1, 0.15) is 42.6 Å². The van der Waals surface area contributed by atoms with Crippen molar-refractivity contribution in [3.8, 4) is 0 Å². The molecule has 2 N–H and O–H groups in total. The van der Waals surface area contributed by atoms with E-state index in [2.05, 4.69) is 5.32 Å². The van der Waals surface area contributed by atoms with Gasteiger partial charge in [-0.25, -0.2) is 0 Å². The standard InChI is InChI=1S/C16H24N2O2/c1-4-17-14-7-6-13(10-12(14)2)15(19)18-9-5-8-16(3,20)11-18/h6-7,10,17,20H,4-5,8-9,11H2,1-3H3. The maximum Gasteiger partial charge on any atom is 0.253 e. The van der Waals surface area contributed by atoms with Crippen LogP contribution in [0.3, 0.4) is 0 Å². The van der Waals surface area contributed by atoms with Gasteiger partial charge in [0.1, 0.15) is 0 Å². The number of aliphatic hydroxyl groups is 1. The minimum absolute atomic E-state index is 0.0103. The Morgan fingerprint density at radius 2 is 2.25 bits per heavy atom. The number of nitrogens with zero attached hydrogens (tertiary/aromatic N) is 1. The van der Waals surface area contributed by atoms with Crippen molar-refractivity contribution >= 4 is 11.6 Å². The molecule has 0 spiro atoms. The van der Waals surface area contributed by atoms with Crippen LogP contribution < -0.4 is 5.32 Å². The highest BCUT2D eigenvalue weighted by molar-refractivity contribution is 5.95. The lowest BCUT2D eigenvalue weighted by Gasteiger charge is -2.36. The van der Waals surface area contributed by atoms with Crippen LogP contribution >= 0.6 is 0 Å². The molecule has 1 heterocycles. The molecule has 4 nitrogen and oxygen atoms in total. The minimum atomic E-state index is -0.757. The molecule has 1 saturated heterocycles. The third kappa shape index (κ3) is 3.31. The summed E-state index contributed by atoms with van der Waals surface area (Å²) in [7, 11) is 0. The lowest BCUT2D eigenvalue weighted by atomic mass is 9.94. The van der Waals surface area contributed by atoms with Crippen molar-refractivity contribution in [1.82, 2.24) is 4.90 Å². The Morgan fingerprint density at radius 3 is 2.85 bits per heavy atom. The number of likely N-dealkylation sites (tertiary alicyclic amines) is 1. The second-order valence-corrected chi connectivity index (χ2v) is 5.89. The fourth-order valence-corrected chi connectivity index (χ4v) is 2.76. The van der Waals surface area contributed by atoms with E-state index >= 15 is 0 Å². The number of amides is 1. The zero-order valence-corrected chi connectivity index (χ0v) is 12.6. The minimum Gasteiger partial charge on any atom is -0.388 e. The normalized spacial score (nSPS) is 22.7. The number of hydrogen-bond donors (Lipinski definition) is 2. The molecule has 20 heavy (non-hydrogen) atoms. The number of anilines is 1. The molecule has 1 atom stereocenters. The summed E-state index contributed by atoms with van der Waals surface area (Å²) < 4.78 is 0. The van der Waals surface area contributed by atoms with Gasteiger partial charge in [0, 0.05) is 30.9 Å². The van der Waals surface area contributed by atoms with Crippen LogP contribution in [0.5, 0.6) is 0 Å². The SMILES string of the molecule is CCNc1ccc(C(=O)N2CCCC(C)(O)C2)cc1C. The largest absolute Gasteiger partial charge is 0.388 e. The second-order valence-electron chi connectivity index (χ2n) is 5.89. The fourth-order valence-electron chi connectivity index (χ4n) is 2.76. The first-order chi connectivity index (χ1) is 9.43. The molecule has 110 valence electrons. The van der Waals surface area contributed by atoms with Crippen LogP contribution in [0.25, 0.3) is 0 Å². The predicted molar refractivity (Wildman–Crippen MR) is 81.1 cm³/mol. The van der Waals surface area contributed by atoms with E-state index in [1.807, 2.05) is 32.0 Å². The first-order valence-corrected chi connectivity index (χ1v) is 7.29. The van der Waals surface area contributed by atoms with Gasteiger partial charge >= 0.3 is 0 Å². The molecule has 1 amide bonds. The van der Waals surface area contributed by atoms with Crippen LogP contribution in [0.15, 0.2) is 18.2 Å². The number of piperidine rings is 1. The number of rotatable bonds is 3. The topological polar surface area (TPSA) is 52.6 Å². The summed E-state index contributed by atoms with van der Waals surface area (Å²) in [5, 5.41) is 13.4. The first-order valence-electron chi connectivity index (χ1n) is 7.29. The van der Waals surface area contributed by atoms with E-state index in [9.17, 15) is 9.90 Å². The molecule has 0 radical (unpaired) electrons. The molecule has 4 heteroatoms. The van der Waals surface area contributed by atoms with E-state index in [0.29, 0.717) is 12.1 Å². The van der Waals surface area contributed by atoms with Crippen LogP contribution in [-0.4, -0.2) is 41.1 Å². The van der Waals surface area contributed by atoms with Crippen molar-refractivity contribution in [3.63, 3.8) is 0 Å². The van der Waals surface area contributed by atoms with Gasteiger partial charge in [-0.3, -0.25) is 4.79 Å². The van der Waals surface area contributed by atoms with Crippen LogP contribution in [-0.2, 0) is 0 Å². The van der Waals surface area contributed by atoms with Crippen molar-refractivity contribution in [2.45, 2.75) is 39.2 Å². The van der Waals surface area contributed by atoms with E-state index in [1.165, 1.54) is 0 Å². The zero-order valence-electron chi connectivity index (χ0n) is 12.6. The molecule has 0 saturated carbocycles. The lowest BCUT2D eigenvalue weighted by Crippen LogP contribution is -2.48. The van der Waals surface area contributed by atoms with Gasteiger partial charge in [-0.1, -0.05) is 0 Å². The Morgan fingerprint density at radius 1 is 1.50 bits per heavy atom. The molecule has 0 aromatic heterocycles. The van der Waals surface area contributed by atoms with Crippen molar-refractivity contribution in [2.75, 3.05) is 25.0 Å². The zero-order chi connectivity index (χ0) is 14.8. The van der Waals surface area contributed by atoms with Crippen LogP contribution in [0, 0.1) is 6.92 Å². The monoisotopic (exact) mass is 276 g/mol. The van der Waals surface area contributed by atoms with Gasteiger partial charge in [0.15, 0.2) is 0 Å². The molecule has 2 rings (SSSR count). The number of aryl methyl sites for hydroxylation is 1. The number of benzene rings is 1. The number of hydrogen-bond acceptors (Lipinski definition) is 3. The Labute approximate surface area is 120 Å². The third-order valence-corrected chi connectivity index (χ3v) is 3.80. The van der Waals surface area contributed by atoms with Crippen LogP contribution in [0.2, 0.25) is 0 Å². The average Bonchev–Trinajstić information content (AvgIpc) is 2.39. The molecule has 1 aliphatic heterocycles. The summed E-state index contributed by atoms with van der Waals surface area (Å²) in [4.78, 5) is 14.3. The van der Waals surface area contributed by atoms with E-state index in [0.717, 1.165) is 37.2 Å². The lowest BCUT2D eigenvalue weighted by molar-refractivity contribution is -0.0107. The summed E-state index contributed by atoms with van der Waals surface area (Å²) in [6, 6.07) is 5.73. The molecule has 1 aliphatic rings. The van der Waals surface area contributed by atoms with Gasteiger partial charge in [0.05, 0.1) is 5.60 Å². The Hall–Kier alpha value is -1.55. The summed E-state index contributed by atoms with van der Waals surface area (Å²) in [5.41, 5.74) is 2.07. The maximum absolute atomic E-state index is 12.5. The van der Waals surface area contributed by atoms with Crippen LogP contribution in [0.4, 0.5) is 5.69 Å². The molecular formula is C16H24N2O2. The van der Waals surface area contributed by atoms with Crippen molar-refractivity contribution in [1.29, 1.82) is 0 Å². The van der Waals surface area contributed by atoms with E-state index in [1.54, 1.807) is 11.8 Å². The van der Waals surface area contributed by atoms with E-state index < -0.39 is 5.60 Å². The number of nitrogens with one attached hydrogen (secondary N) is 1. The second kappa shape index (κ2) is 5.83. The van der Waals surface area contributed by atoms with E-state index in [-0.39, 0.29) is 5.91 Å². The number of carbonyl (C=O) groups excluding carboxylic acids is 1. The van der Waals surface area contributed by atoms with E-state index in [4.69, 9.17) is 0 Å². The summed E-state index contributed by atoms with van der Waals surface area (Å²) >= 11 is 0. The summed E-state index contributed by atoms with van der Waals surface area (Å²) in [5.74, 6) is 0.0103. The Kier molecular flexibility index (Phi) is 4.33. The molecule has 1 unspecified atom stereocenters. The van der Waals surface area contributed by atoms with Crippen molar-refractivity contribution < 1.29 is 9.90 Å². The predicted octanol–water partition coefficient (Wildman–Crippen LogP) is 2.41.